The van der Waals surface area contributed by atoms with E-state index < -0.39 is 32.8 Å². The molecule has 0 heterocycles. The Hall–Kier alpha value is -0.0194. The molecule has 0 rings (SSSR count). The molecule has 0 aliphatic rings. The number of hydrogen-bond acceptors (Lipinski definition) is 4. The molecule has 0 N–H and O–H groups in total. The van der Waals surface area contributed by atoms with E-state index in [0.717, 1.165) is 0 Å². The van der Waals surface area contributed by atoms with Gasteiger partial charge in [0.1, 0.15) is 0 Å². The van der Waals surface area contributed by atoms with Crippen molar-refractivity contribution in [3.05, 3.63) is 38.0 Å². The fraction of sp³-hybridized carbons (Fsp3) is 0.600. The SMILES string of the molecule is C=CC[Si](C)(C)OP(=O)(O[Si](C)(C)CC=C)O[Si](C)(C)CC=C. The van der Waals surface area contributed by atoms with E-state index in [1.54, 1.807) is 18.2 Å². The third kappa shape index (κ3) is 9.76. The van der Waals surface area contributed by atoms with Gasteiger partial charge in [0.05, 0.1) is 0 Å². The lowest BCUT2D eigenvalue weighted by molar-refractivity contribution is 0.290. The summed E-state index contributed by atoms with van der Waals surface area (Å²) in [6.07, 6.45) is 5.40. The Bertz CT molecular complexity index is 409. The maximum absolute atomic E-state index is 13.4. The van der Waals surface area contributed by atoms with E-state index in [1.165, 1.54) is 0 Å². The minimum Gasteiger partial charge on any atom is -0.331 e. The molecular formula is C15H33O4PSi3. The predicted molar refractivity (Wildman–Crippen MR) is 108 cm³/mol. The van der Waals surface area contributed by atoms with Gasteiger partial charge >= 0.3 is 7.82 Å². The fourth-order valence-corrected chi connectivity index (χ4v) is 13.8. The van der Waals surface area contributed by atoms with Crippen molar-refractivity contribution in [2.75, 3.05) is 0 Å². The molecule has 134 valence electrons. The summed E-state index contributed by atoms with van der Waals surface area (Å²) in [5, 5.41) is 0. The highest BCUT2D eigenvalue weighted by molar-refractivity contribution is 7.53. The molecule has 0 aromatic heterocycles. The van der Waals surface area contributed by atoms with Crippen LogP contribution in [0.3, 0.4) is 0 Å². The Labute approximate surface area is 145 Å². The number of allylic oxidation sites excluding steroid dienone is 3. The van der Waals surface area contributed by atoms with Gasteiger partial charge in [0, 0.05) is 0 Å². The predicted octanol–water partition coefficient (Wildman–Crippen LogP) is 6.32. The van der Waals surface area contributed by atoms with Crippen molar-refractivity contribution in [1.82, 2.24) is 0 Å². The second-order valence-electron chi connectivity index (χ2n) is 7.48. The van der Waals surface area contributed by atoms with Gasteiger partial charge in [-0.2, -0.15) is 0 Å². The first kappa shape index (κ1) is 23.0. The molecule has 0 aromatic rings. The molecule has 0 saturated carbocycles. The lowest BCUT2D eigenvalue weighted by Gasteiger charge is -2.36. The van der Waals surface area contributed by atoms with Gasteiger partial charge in [0.2, 0.25) is 25.0 Å². The number of phosphoric acid groups is 1. The monoisotopic (exact) mass is 392 g/mol. The zero-order valence-corrected chi connectivity index (χ0v) is 19.4. The van der Waals surface area contributed by atoms with Crippen LogP contribution in [0, 0.1) is 0 Å². The first-order chi connectivity index (χ1) is 10.3. The molecule has 0 radical (unpaired) electrons. The minimum atomic E-state index is -3.63. The molecule has 0 bridgehead atoms. The van der Waals surface area contributed by atoms with E-state index >= 15 is 0 Å². The molecule has 0 aliphatic carbocycles. The Morgan fingerprint density at radius 2 is 0.913 bits per heavy atom. The lowest BCUT2D eigenvalue weighted by Crippen LogP contribution is -2.37. The van der Waals surface area contributed by atoms with Crippen LogP contribution in [0.2, 0.25) is 57.4 Å². The molecule has 0 unspecified atom stereocenters. The van der Waals surface area contributed by atoms with Gasteiger partial charge in [-0.05, 0) is 57.4 Å². The fourth-order valence-electron chi connectivity index (χ4n) is 2.12. The Kier molecular flexibility index (Phi) is 8.89. The molecule has 4 nitrogen and oxygen atoms in total. The first-order valence-electron chi connectivity index (χ1n) is 7.85. The van der Waals surface area contributed by atoms with Crippen LogP contribution in [-0.4, -0.2) is 25.0 Å². The molecule has 8 heteroatoms. The molecule has 0 atom stereocenters. The van der Waals surface area contributed by atoms with Crippen LogP contribution in [-0.2, 0) is 17.2 Å². The Morgan fingerprint density at radius 3 is 1.09 bits per heavy atom. The van der Waals surface area contributed by atoms with Gasteiger partial charge in [-0.3, -0.25) is 0 Å². The number of rotatable bonds is 12. The highest BCUT2D eigenvalue weighted by atomic mass is 31.2. The van der Waals surface area contributed by atoms with Crippen molar-refractivity contribution in [2.24, 2.45) is 0 Å². The molecule has 0 spiro atoms. The van der Waals surface area contributed by atoms with Crippen LogP contribution >= 0.6 is 7.82 Å². The van der Waals surface area contributed by atoms with Crippen LogP contribution in [0.4, 0.5) is 0 Å². The highest BCUT2D eigenvalue weighted by Crippen LogP contribution is 2.57. The highest BCUT2D eigenvalue weighted by Gasteiger charge is 2.44. The third-order valence-corrected chi connectivity index (χ3v) is 15.4. The van der Waals surface area contributed by atoms with Gasteiger partial charge in [-0.1, -0.05) is 18.2 Å². The zero-order valence-electron chi connectivity index (χ0n) is 15.6. The van der Waals surface area contributed by atoms with Gasteiger partial charge < -0.3 is 12.6 Å². The van der Waals surface area contributed by atoms with Crippen LogP contribution in [0.5, 0.6) is 0 Å². The van der Waals surface area contributed by atoms with Crippen molar-refractivity contribution in [1.29, 1.82) is 0 Å². The van der Waals surface area contributed by atoms with Gasteiger partial charge in [0.25, 0.3) is 0 Å². The summed E-state index contributed by atoms with van der Waals surface area (Å²) in [4.78, 5) is 0. The van der Waals surface area contributed by atoms with Crippen molar-refractivity contribution >= 4 is 32.8 Å². The normalized spacial score (nSPS) is 13.7. The second kappa shape index (κ2) is 8.90. The summed E-state index contributed by atoms with van der Waals surface area (Å²) >= 11 is 0. The topological polar surface area (TPSA) is 44.8 Å². The molecule has 23 heavy (non-hydrogen) atoms. The van der Waals surface area contributed by atoms with Crippen LogP contribution < -0.4 is 0 Å². The van der Waals surface area contributed by atoms with Crippen LogP contribution in [0.1, 0.15) is 0 Å². The maximum Gasteiger partial charge on any atom is 0.445 e. The van der Waals surface area contributed by atoms with E-state index in [4.69, 9.17) is 12.6 Å². The van der Waals surface area contributed by atoms with E-state index in [9.17, 15) is 4.57 Å². The second-order valence-corrected chi connectivity index (χ2v) is 22.3. The van der Waals surface area contributed by atoms with E-state index in [1.807, 2.05) is 39.3 Å². The van der Waals surface area contributed by atoms with E-state index in [2.05, 4.69) is 19.7 Å². The molecule has 0 fully saturated rings. The zero-order chi connectivity index (χ0) is 18.4. The molecule has 0 saturated heterocycles. The van der Waals surface area contributed by atoms with Gasteiger partial charge in [-0.25, -0.2) is 4.57 Å². The summed E-state index contributed by atoms with van der Waals surface area (Å²) < 4.78 is 31.4. The molecular weight excluding hydrogens is 359 g/mol. The smallest absolute Gasteiger partial charge is 0.331 e. The largest absolute Gasteiger partial charge is 0.445 e. The molecule has 0 amide bonds. The quantitative estimate of drug-likeness (QED) is 0.221. The summed E-state index contributed by atoms with van der Waals surface area (Å²) in [6.45, 7) is 23.3. The maximum atomic E-state index is 13.4. The summed E-state index contributed by atoms with van der Waals surface area (Å²) in [5.74, 6) is 0. The van der Waals surface area contributed by atoms with Crippen molar-refractivity contribution < 1.29 is 17.2 Å². The van der Waals surface area contributed by atoms with Crippen molar-refractivity contribution in [2.45, 2.75) is 57.4 Å². The first-order valence-corrected chi connectivity index (χ1v) is 18.7. The Balaban J connectivity index is 5.50. The van der Waals surface area contributed by atoms with Crippen LogP contribution in [0.25, 0.3) is 0 Å². The molecule has 0 aromatic carbocycles. The van der Waals surface area contributed by atoms with E-state index in [-0.39, 0.29) is 0 Å². The van der Waals surface area contributed by atoms with Crippen LogP contribution in [0.15, 0.2) is 38.0 Å². The summed E-state index contributed by atoms with van der Waals surface area (Å²) in [7, 11) is -10.3. The average molecular weight is 393 g/mol. The average Bonchev–Trinajstić information content (AvgIpc) is 2.23. The lowest BCUT2D eigenvalue weighted by atomic mass is 10.8. The summed E-state index contributed by atoms with van der Waals surface area (Å²) in [6, 6.07) is 2.07. The Morgan fingerprint density at radius 1 is 0.696 bits per heavy atom. The van der Waals surface area contributed by atoms with E-state index in [0.29, 0.717) is 18.1 Å². The number of hydrogen-bond donors (Lipinski definition) is 0. The third-order valence-electron chi connectivity index (χ3n) is 2.98. The van der Waals surface area contributed by atoms with Gasteiger partial charge in [-0.15, -0.1) is 19.7 Å². The molecule has 0 aliphatic heterocycles. The minimum absolute atomic E-state index is 0.691. The standard InChI is InChI=1S/C15H33O4PSi3/c1-10-13-21(4,5)17-20(16,18-22(6,7)14-11-2)19-23(8,9)15-12-3/h10-12H,1-3,13-15H2,4-9H3. The van der Waals surface area contributed by atoms with Gasteiger partial charge in [0.15, 0.2) is 0 Å². The van der Waals surface area contributed by atoms with Crippen molar-refractivity contribution in [3.8, 4) is 0 Å². The summed E-state index contributed by atoms with van der Waals surface area (Å²) in [5.41, 5.74) is 0. The van der Waals surface area contributed by atoms with Crippen molar-refractivity contribution in [3.63, 3.8) is 0 Å².